The normalized spacial score (nSPS) is 21.9. The third-order valence-electron chi connectivity index (χ3n) is 3.84. The van der Waals surface area contributed by atoms with E-state index in [0.29, 0.717) is 26.1 Å². The van der Waals surface area contributed by atoms with Crippen molar-refractivity contribution in [2.75, 3.05) is 13.2 Å². The quantitative estimate of drug-likeness (QED) is 0.876. The van der Waals surface area contributed by atoms with E-state index < -0.39 is 22.7 Å². The number of aryl methyl sites for hydroxylation is 1. The van der Waals surface area contributed by atoms with Crippen molar-refractivity contribution >= 4 is 10.8 Å². The van der Waals surface area contributed by atoms with E-state index in [4.69, 9.17) is 9.47 Å². The topological polar surface area (TPSA) is 55.8 Å². The average Bonchev–Trinajstić information content (AvgIpc) is 2.86. The molecule has 1 fully saturated rings. The lowest BCUT2D eigenvalue weighted by atomic mass is 10.1. The molecule has 0 spiro atoms. The van der Waals surface area contributed by atoms with Gasteiger partial charge >= 0.3 is 0 Å². The summed E-state index contributed by atoms with van der Waals surface area (Å²) in [6.45, 7) is 6.85. The van der Waals surface area contributed by atoms with Crippen molar-refractivity contribution in [3.8, 4) is 0 Å². The van der Waals surface area contributed by atoms with Crippen LogP contribution in [-0.4, -0.2) is 39.7 Å². The highest BCUT2D eigenvalue weighted by Gasteiger charge is 2.37. The van der Waals surface area contributed by atoms with Crippen molar-refractivity contribution in [2.24, 2.45) is 0 Å². The molecule has 1 aromatic rings. The van der Waals surface area contributed by atoms with Crippen LogP contribution in [-0.2, 0) is 20.3 Å². The predicted molar refractivity (Wildman–Crippen MR) is 82.6 cm³/mol. The molecule has 1 heterocycles. The first-order chi connectivity index (χ1) is 9.95. The molecule has 1 saturated heterocycles. The number of rotatable bonds is 6. The Kier molecular flexibility index (Phi) is 5.54. The van der Waals surface area contributed by atoms with E-state index in [9.17, 15) is 9.32 Å². The first-order valence-electron chi connectivity index (χ1n) is 7.38. The molecule has 0 aromatic heterocycles. The van der Waals surface area contributed by atoms with Gasteiger partial charge in [-0.2, -0.15) is 0 Å². The van der Waals surface area contributed by atoms with Crippen LogP contribution < -0.4 is 0 Å². The van der Waals surface area contributed by atoms with Crippen LogP contribution in [0.1, 0.15) is 32.3 Å². The molecule has 5 heteroatoms. The first-order valence-corrected chi connectivity index (χ1v) is 8.60. The zero-order valence-corrected chi connectivity index (χ0v) is 13.7. The molecule has 0 radical (unpaired) electrons. The largest absolute Gasteiger partial charge is 0.392 e. The minimum Gasteiger partial charge on any atom is -0.392 e. The summed E-state index contributed by atoms with van der Waals surface area (Å²) in [5.74, 6) is -0.760. The lowest BCUT2D eigenvalue weighted by molar-refractivity contribution is -0.162. The van der Waals surface area contributed by atoms with Gasteiger partial charge in [0.25, 0.3) is 0 Å². The molecule has 0 saturated carbocycles. The van der Waals surface area contributed by atoms with Crippen molar-refractivity contribution in [1.82, 2.24) is 0 Å². The number of hydrogen-bond donors (Lipinski definition) is 1. The number of ether oxygens (including phenoxy) is 2. The van der Waals surface area contributed by atoms with Gasteiger partial charge in [0.05, 0.1) is 35.4 Å². The Morgan fingerprint density at radius 2 is 1.86 bits per heavy atom. The molecule has 0 aliphatic carbocycles. The number of aliphatic hydroxyl groups excluding tert-OH is 1. The standard InChI is InChI=1S/C16H24O4S/c1-4-15(14(17)11-16(3)19-9-10-20-16)21(18)13-7-5-12(2)6-8-13/h5-8,14-15,17H,4,9-11H2,1-3H3/t14-,15?,21-/m0/s1. The van der Waals surface area contributed by atoms with Gasteiger partial charge in [-0.1, -0.05) is 24.6 Å². The van der Waals surface area contributed by atoms with E-state index >= 15 is 0 Å². The zero-order chi connectivity index (χ0) is 15.5. The first kappa shape index (κ1) is 16.6. The molecule has 0 amide bonds. The summed E-state index contributed by atoms with van der Waals surface area (Å²) in [6, 6.07) is 7.61. The van der Waals surface area contributed by atoms with Crippen LogP contribution in [0.15, 0.2) is 29.2 Å². The van der Waals surface area contributed by atoms with Crippen molar-refractivity contribution in [1.29, 1.82) is 0 Å². The van der Waals surface area contributed by atoms with Crippen LogP contribution in [0, 0.1) is 6.92 Å². The monoisotopic (exact) mass is 312 g/mol. The van der Waals surface area contributed by atoms with Gasteiger partial charge in [-0.15, -0.1) is 0 Å². The molecule has 1 aromatic carbocycles. The zero-order valence-electron chi connectivity index (χ0n) is 12.9. The molecule has 1 aliphatic heterocycles. The molecule has 4 nitrogen and oxygen atoms in total. The molecule has 0 bridgehead atoms. The van der Waals surface area contributed by atoms with E-state index in [1.54, 1.807) is 0 Å². The fourth-order valence-electron chi connectivity index (χ4n) is 2.60. The minimum atomic E-state index is -1.24. The maximum atomic E-state index is 12.7. The maximum absolute atomic E-state index is 12.7. The van der Waals surface area contributed by atoms with Crippen LogP contribution in [0.5, 0.6) is 0 Å². The molecule has 3 atom stereocenters. The van der Waals surface area contributed by atoms with E-state index in [0.717, 1.165) is 10.5 Å². The summed E-state index contributed by atoms with van der Waals surface area (Å²) < 4.78 is 23.7. The SMILES string of the molecule is CCC([C@@H](O)CC1(C)OCCO1)[S@@](=O)c1ccc(C)cc1. The third-order valence-corrected chi connectivity index (χ3v) is 5.77. The van der Waals surface area contributed by atoms with E-state index in [2.05, 4.69) is 0 Å². The minimum absolute atomic E-state index is 0.322. The second kappa shape index (κ2) is 7.01. The highest BCUT2D eigenvalue weighted by molar-refractivity contribution is 7.85. The summed E-state index contributed by atoms with van der Waals surface area (Å²) >= 11 is 0. The van der Waals surface area contributed by atoms with Gasteiger partial charge in [0.2, 0.25) is 0 Å². The molecule has 1 unspecified atom stereocenters. The number of hydrogen-bond acceptors (Lipinski definition) is 4. The van der Waals surface area contributed by atoms with E-state index in [1.807, 2.05) is 45.0 Å². The summed E-state index contributed by atoms with van der Waals surface area (Å²) in [5.41, 5.74) is 1.13. The summed E-state index contributed by atoms with van der Waals surface area (Å²) in [6.07, 6.45) is 0.251. The van der Waals surface area contributed by atoms with Gasteiger partial charge in [0.15, 0.2) is 5.79 Å². The van der Waals surface area contributed by atoms with Gasteiger partial charge in [-0.25, -0.2) is 0 Å². The number of aliphatic hydroxyl groups is 1. The Hall–Kier alpha value is -0.750. The second-order valence-electron chi connectivity index (χ2n) is 5.66. The molecule has 21 heavy (non-hydrogen) atoms. The summed E-state index contributed by atoms with van der Waals surface area (Å²) in [5, 5.41) is 10.1. The molecule has 2 rings (SSSR count). The molecule has 118 valence electrons. The van der Waals surface area contributed by atoms with Crippen molar-refractivity contribution < 1.29 is 18.8 Å². The number of benzene rings is 1. The molecular weight excluding hydrogens is 288 g/mol. The van der Waals surface area contributed by atoms with Gasteiger partial charge in [-0.3, -0.25) is 4.21 Å². The van der Waals surface area contributed by atoms with Crippen molar-refractivity contribution in [3.05, 3.63) is 29.8 Å². The van der Waals surface area contributed by atoms with Crippen LogP contribution in [0.4, 0.5) is 0 Å². The maximum Gasteiger partial charge on any atom is 0.168 e. The smallest absolute Gasteiger partial charge is 0.168 e. The fraction of sp³-hybridized carbons (Fsp3) is 0.625. The Bertz CT molecular complexity index is 480. The lowest BCUT2D eigenvalue weighted by Gasteiger charge is -2.29. The van der Waals surface area contributed by atoms with Gasteiger partial charge in [0.1, 0.15) is 0 Å². The second-order valence-corrected chi connectivity index (χ2v) is 7.33. The highest BCUT2D eigenvalue weighted by atomic mass is 32.2. The van der Waals surface area contributed by atoms with Gasteiger partial charge in [-0.05, 0) is 32.4 Å². The highest BCUT2D eigenvalue weighted by Crippen LogP contribution is 2.28. The van der Waals surface area contributed by atoms with Crippen molar-refractivity contribution in [2.45, 2.75) is 55.6 Å². The lowest BCUT2D eigenvalue weighted by Crippen LogP contribution is -2.38. The van der Waals surface area contributed by atoms with Crippen LogP contribution in [0.2, 0.25) is 0 Å². The van der Waals surface area contributed by atoms with Gasteiger partial charge in [0, 0.05) is 11.3 Å². The molecule has 1 N–H and O–H groups in total. The molecule has 1 aliphatic rings. The Balaban J connectivity index is 2.07. The molecular formula is C16H24O4S. The average molecular weight is 312 g/mol. The summed E-state index contributed by atoms with van der Waals surface area (Å²) in [4.78, 5) is 0.755. The Morgan fingerprint density at radius 3 is 2.38 bits per heavy atom. The fourth-order valence-corrected chi connectivity index (χ4v) is 4.04. The van der Waals surface area contributed by atoms with Crippen LogP contribution in [0.25, 0.3) is 0 Å². The Labute approximate surface area is 128 Å². The van der Waals surface area contributed by atoms with Crippen LogP contribution in [0.3, 0.4) is 0 Å². The van der Waals surface area contributed by atoms with Gasteiger partial charge < -0.3 is 14.6 Å². The Morgan fingerprint density at radius 1 is 1.29 bits per heavy atom. The third kappa shape index (κ3) is 4.13. The summed E-state index contributed by atoms with van der Waals surface area (Å²) in [7, 11) is -1.24. The van der Waals surface area contributed by atoms with E-state index in [-0.39, 0.29) is 5.25 Å². The van der Waals surface area contributed by atoms with Crippen molar-refractivity contribution in [3.63, 3.8) is 0 Å². The van der Waals surface area contributed by atoms with E-state index in [1.165, 1.54) is 0 Å². The predicted octanol–water partition coefficient (Wildman–Crippen LogP) is 2.40. The van der Waals surface area contributed by atoms with Crippen LogP contribution >= 0.6 is 0 Å².